The number of ether oxygens (including phenoxy) is 1. The molecule has 0 fully saturated rings. The van der Waals surface area contributed by atoms with Gasteiger partial charge in [0.05, 0.1) is 11.2 Å². The van der Waals surface area contributed by atoms with E-state index in [1.807, 2.05) is 32.3 Å². The summed E-state index contributed by atoms with van der Waals surface area (Å²) in [5, 5.41) is 11.6. The fourth-order valence-corrected chi connectivity index (χ4v) is 2.42. The molecule has 0 radical (unpaired) electrons. The summed E-state index contributed by atoms with van der Waals surface area (Å²) in [5.74, 6) is 0.330. The molecule has 2 aromatic heterocycles. The van der Waals surface area contributed by atoms with Crippen LogP contribution in [-0.2, 0) is 20.3 Å². The van der Waals surface area contributed by atoms with Gasteiger partial charge in [-0.05, 0) is 30.7 Å². The van der Waals surface area contributed by atoms with Crippen LogP contribution in [0.25, 0.3) is 0 Å². The van der Waals surface area contributed by atoms with Crippen molar-refractivity contribution >= 4 is 17.5 Å². The Morgan fingerprint density at radius 1 is 1.36 bits per heavy atom. The van der Waals surface area contributed by atoms with Gasteiger partial charge >= 0.3 is 0 Å². The van der Waals surface area contributed by atoms with E-state index >= 15 is 0 Å². The molecule has 0 aliphatic heterocycles. The Morgan fingerprint density at radius 2 is 2.20 bits per heavy atom. The molecule has 0 saturated carbocycles. The van der Waals surface area contributed by atoms with E-state index in [-0.39, 0.29) is 12.6 Å². The minimum absolute atomic E-state index is 0.166. The van der Waals surface area contributed by atoms with Gasteiger partial charge in [0.2, 0.25) is 0 Å². The lowest BCUT2D eigenvalue weighted by atomic mass is 10.2. The van der Waals surface area contributed by atoms with Crippen molar-refractivity contribution in [1.82, 2.24) is 24.9 Å². The van der Waals surface area contributed by atoms with E-state index in [2.05, 4.69) is 15.5 Å². The summed E-state index contributed by atoms with van der Waals surface area (Å²) in [4.78, 5) is 12.1. The van der Waals surface area contributed by atoms with Crippen molar-refractivity contribution in [3.8, 4) is 5.75 Å². The molecule has 0 unspecified atom stereocenters. The van der Waals surface area contributed by atoms with Crippen LogP contribution in [0.15, 0.2) is 42.9 Å². The summed E-state index contributed by atoms with van der Waals surface area (Å²) < 4.78 is 8.88. The van der Waals surface area contributed by atoms with Gasteiger partial charge in [-0.2, -0.15) is 10.2 Å². The smallest absolute Gasteiger partial charge is 0.272 e. The average molecular weight is 360 g/mol. The summed E-state index contributed by atoms with van der Waals surface area (Å²) in [7, 11) is 1.83. The van der Waals surface area contributed by atoms with E-state index in [0.29, 0.717) is 23.0 Å². The molecule has 25 heavy (non-hydrogen) atoms. The third-order valence-corrected chi connectivity index (χ3v) is 3.84. The number of rotatable bonds is 6. The molecule has 3 rings (SSSR count). The van der Waals surface area contributed by atoms with Gasteiger partial charge in [-0.1, -0.05) is 17.7 Å². The molecule has 0 aliphatic rings. The van der Waals surface area contributed by atoms with Crippen LogP contribution in [-0.4, -0.2) is 25.5 Å². The predicted octanol–water partition coefficient (Wildman–Crippen LogP) is 2.54. The van der Waals surface area contributed by atoms with Crippen LogP contribution < -0.4 is 10.1 Å². The normalized spacial score (nSPS) is 10.7. The Bertz CT molecular complexity index is 887. The minimum Gasteiger partial charge on any atom is -0.470 e. The summed E-state index contributed by atoms with van der Waals surface area (Å²) in [6, 6.07) is 7.19. The van der Waals surface area contributed by atoms with Crippen molar-refractivity contribution in [2.24, 2.45) is 7.05 Å². The van der Waals surface area contributed by atoms with Crippen LogP contribution in [0.4, 0.5) is 0 Å². The van der Waals surface area contributed by atoms with Gasteiger partial charge < -0.3 is 10.1 Å². The van der Waals surface area contributed by atoms with Gasteiger partial charge in [-0.25, -0.2) is 4.68 Å². The highest BCUT2D eigenvalue weighted by molar-refractivity contribution is 6.32. The molecular formula is C17H18ClN5O2. The molecule has 0 aliphatic carbocycles. The Hall–Kier alpha value is -2.80. The highest BCUT2D eigenvalue weighted by Gasteiger charge is 2.10. The number of aromatic nitrogens is 4. The zero-order valence-electron chi connectivity index (χ0n) is 13.9. The Kier molecular flexibility index (Phi) is 5.04. The number of carbonyl (C=O) groups excluding carboxylic acids is 1. The van der Waals surface area contributed by atoms with E-state index in [1.54, 1.807) is 29.2 Å². The molecular weight excluding hydrogens is 342 g/mol. The Labute approximate surface area is 150 Å². The van der Waals surface area contributed by atoms with Gasteiger partial charge in [0.25, 0.3) is 5.91 Å². The molecule has 7 nitrogen and oxygen atoms in total. The van der Waals surface area contributed by atoms with Crippen molar-refractivity contribution in [1.29, 1.82) is 0 Å². The highest BCUT2D eigenvalue weighted by atomic mass is 35.5. The monoisotopic (exact) mass is 359 g/mol. The average Bonchev–Trinajstić information content (AvgIpc) is 3.22. The second-order valence-electron chi connectivity index (χ2n) is 5.65. The maximum Gasteiger partial charge on any atom is 0.272 e. The van der Waals surface area contributed by atoms with Gasteiger partial charge in [0, 0.05) is 31.5 Å². The Balaban J connectivity index is 1.56. The Morgan fingerprint density at radius 3 is 2.96 bits per heavy atom. The van der Waals surface area contributed by atoms with E-state index in [4.69, 9.17) is 16.3 Å². The maximum absolute atomic E-state index is 12.1. The van der Waals surface area contributed by atoms with Crippen molar-refractivity contribution in [2.45, 2.75) is 20.2 Å². The molecule has 8 heteroatoms. The molecule has 0 atom stereocenters. The van der Waals surface area contributed by atoms with Crippen LogP contribution in [0.3, 0.4) is 0 Å². The first-order valence-corrected chi connectivity index (χ1v) is 8.07. The van der Waals surface area contributed by atoms with E-state index < -0.39 is 0 Å². The van der Waals surface area contributed by atoms with Crippen molar-refractivity contribution < 1.29 is 9.53 Å². The van der Waals surface area contributed by atoms with Crippen molar-refractivity contribution in [3.05, 3.63) is 64.7 Å². The van der Waals surface area contributed by atoms with E-state index in [1.165, 1.54) is 4.68 Å². The van der Waals surface area contributed by atoms with E-state index in [9.17, 15) is 4.79 Å². The highest BCUT2D eigenvalue weighted by Crippen LogP contribution is 2.25. The van der Waals surface area contributed by atoms with Gasteiger partial charge in [0.15, 0.2) is 6.73 Å². The van der Waals surface area contributed by atoms with Crippen molar-refractivity contribution in [2.75, 3.05) is 0 Å². The first kappa shape index (κ1) is 17.0. The fourth-order valence-electron chi connectivity index (χ4n) is 2.25. The fraction of sp³-hybridized carbons (Fsp3) is 0.235. The SMILES string of the molecule is Cc1ccc(Cl)c(OCn2ccc(C(=O)NCc3cnn(C)c3)n2)c1. The molecule has 1 N–H and O–H groups in total. The van der Waals surface area contributed by atoms with E-state index in [0.717, 1.165) is 11.1 Å². The number of hydrogen-bond acceptors (Lipinski definition) is 4. The van der Waals surface area contributed by atoms with Gasteiger partial charge in [-0.15, -0.1) is 0 Å². The predicted molar refractivity (Wildman–Crippen MR) is 93.4 cm³/mol. The molecule has 0 saturated heterocycles. The molecule has 2 heterocycles. The number of nitrogens with one attached hydrogen (secondary N) is 1. The van der Waals surface area contributed by atoms with Gasteiger partial charge in [-0.3, -0.25) is 9.48 Å². The first-order valence-electron chi connectivity index (χ1n) is 7.69. The van der Waals surface area contributed by atoms with Gasteiger partial charge in [0.1, 0.15) is 11.4 Å². The summed E-state index contributed by atoms with van der Waals surface area (Å²) in [5.41, 5.74) is 2.30. The first-order chi connectivity index (χ1) is 12.0. The second-order valence-corrected chi connectivity index (χ2v) is 6.06. The van der Waals surface area contributed by atoms with Crippen LogP contribution in [0.5, 0.6) is 5.75 Å². The maximum atomic E-state index is 12.1. The number of halogens is 1. The number of carbonyl (C=O) groups is 1. The summed E-state index contributed by atoms with van der Waals surface area (Å²) in [6.07, 6.45) is 5.24. The largest absolute Gasteiger partial charge is 0.470 e. The number of benzene rings is 1. The van der Waals surface area contributed by atoms with Crippen molar-refractivity contribution in [3.63, 3.8) is 0 Å². The number of aryl methyl sites for hydroxylation is 2. The second kappa shape index (κ2) is 7.40. The van der Waals surface area contributed by atoms with Crippen LogP contribution >= 0.6 is 11.6 Å². The lowest BCUT2D eigenvalue weighted by molar-refractivity contribution is 0.0944. The third-order valence-electron chi connectivity index (χ3n) is 3.52. The topological polar surface area (TPSA) is 74.0 Å². The third kappa shape index (κ3) is 4.39. The molecule has 3 aromatic rings. The lowest BCUT2D eigenvalue weighted by Gasteiger charge is -2.08. The lowest BCUT2D eigenvalue weighted by Crippen LogP contribution is -2.23. The summed E-state index contributed by atoms with van der Waals surface area (Å²) in [6.45, 7) is 2.52. The van der Waals surface area contributed by atoms with Crippen LogP contribution in [0.1, 0.15) is 21.6 Å². The quantitative estimate of drug-likeness (QED) is 0.734. The molecule has 0 bridgehead atoms. The summed E-state index contributed by atoms with van der Waals surface area (Å²) >= 11 is 6.09. The molecule has 1 aromatic carbocycles. The molecule has 1 amide bonds. The van der Waals surface area contributed by atoms with Crippen LogP contribution in [0.2, 0.25) is 5.02 Å². The minimum atomic E-state index is -0.254. The number of hydrogen-bond donors (Lipinski definition) is 1. The molecule has 130 valence electrons. The molecule has 0 spiro atoms. The number of nitrogens with zero attached hydrogens (tertiary/aromatic N) is 4. The van der Waals surface area contributed by atoms with Crippen LogP contribution in [0, 0.1) is 6.92 Å². The zero-order chi connectivity index (χ0) is 17.8. The number of amides is 1. The zero-order valence-corrected chi connectivity index (χ0v) is 14.7. The standard InChI is InChI=1S/C17H18ClN5O2/c1-12-3-4-14(18)16(7-12)25-11-23-6-5-15(21-23)17(24)19-8-13-9-20-22(2)10-13/h3-7,9-10H,8,11H2,1-2H3,(H,19,24).